The van der Waals surface area contributed by atoms with E-state index in [4.69, 9.17) is 20.8 Å². The van der Waals surface area contributed by atoms with E-state index in [0.717, 1.165) is 5.56 Å². The van der Waals surface area contributed by atoms with E-state index < -0.39 is 17.8 Å². The quantitative estimate of drug-likeness (QED) is 0.253. The van der Waals surface area contributed by atoms with Gasteiger partial charge in [0.15, 0.2) is 0 Å². The van der Waals surface area contributed by atoms with Crippen LogP contribution >= 0.6 is 11.6 Å². The van der Waals surface area contributed by atoms with Gasteiger partial charge in [-0.1, -0.05) is 48.0 Å². The van der Waals surface area contributed by atoms with Crippen molar-refractivity contribution in [3.63, 3.8) is 0 Å². The van der Waals surface area contributed by atoms with Crippen molar-refractivity contribution in [2.24, 2.45) is 0 Å². The highest BCUT2D eigenvalue weighted by atomic mass is 35.5. The molecule has 1 atom stereocenters. The van der Waals surface area contributed by atoms with Gasteiger partial charge >= 0.3 is 17.8 Å². The number of carbonyl (C=O) groups is 4. The number of furan rings is 1. The van der Waals surface area contributed by atoms with Crippen molar-refractivity contribution >= 4 is 47.1 Å². The van der Waals surface area contributed by atoms with Crippen LogP contribution in [-0.4, -0.2) is 35.7 Å². The summed E-state index contributed by atoms with van der Waals surface area (Å²) in [5, 5.41) is 5.36. The fourth-order valence-corrected chi connectivity index (χ4v) is 4.45. The molecule has 0 bridgehead atoms. The lowest BCUT2D eigenvalue weighted by Gasteiger charge is -2.26. The van der Waals surface area contributed by atoms with Crippen molar-refractivity contribution in [1.82, 2.24) is 10.2 Å². The molecule has 3 amide bonds. The number of ether oxygens (including phenoxy) is 1. The number of benzene rings is 2. The van der Waals surface area contributed by atoms with Crippen LogP contribution < -0.4 is 10.6 Å². The standard InChI is InChI=1S/C29H26ClN3O6/c1-17(19-8-5-4-6-9-19)33-18(2)25(29(37)38-3)24(28(33)36)15-22-12-13-23(39-22)16-31-26(34)27(35)32-21-11-7-10-20(30)14-21/h4-15,17H,16H2,1-3H3,(H,31,34)(H,32,35)/b24-15+/t17-/m1/s1. The Kier molecular flexibility index (Phi) is 8.31. The number of methoxy groups -OCH3 is 1. The van der Waals surface area contributed by atoms with Crippen LogP contribution in [0.4, 0.5) is 5.69 Å². The molecule has 2 N–H and O–H groups in total. The van der Waals surface area contributed by atoms with E-state index in [1.165, 1.54) is 19.3 Å². The minimum atomic E-state index is -0.866. The van der Waals surface area contributed by atoms with Crippen LogP contribution in [0.5, 0.6) is 0 Å². The first-order valence-electron chi connectivity index (χ1n) is 12.0. The molecule has 3 aromatic rings. The molecule has 1 aliphatic rings. The molecule has 0 radical (unpaired) electrons. The van der Waals surface area contributed by atoms with Crippen molar-refractivity contribution in [3.8, 4) is 0 Å². The van der Waals surface area contributed by atoms with Gasteiger partial charge in [-0.3, -0.25) is 14.4 Å². The maximum Gasteiger partial charge on any atom is 0.340 e. The zero-order chi connectivity index (χ0) is 28.1. The third-order valence-corrected chi connectivity index (χ3v) is 6.42. The molecule has 1 aromatic heterocycles. The number of halogens is 1. The van der Waals surface area contributed by atoms with E-state index in [1.807, 2.05) is 37.3 Å². The molecule has 2 aromatic carbocycles. The molecule has 2 heterocycles. The summed E-state index contributed by atoms with van der Waals surface area (Å²) in [6.45, 7) is 3.50. The van der Waals surface area contributed by atoms with Gasteiger partial charge in [0, 0.05) is 16.4 Å². The predicted molar refractivity (Wildman–Crippen MR) is 145 cm³/mol. The minimum Gasteiger partial charge on any atom is -0.465 e. The molecule has 10 heteroatoms. The Labute approximate surface area is 230 Å². The molecule has 1 aliphatic heterocycles. The topological polar surface area (TPSA) is 118 Å². The van der Waals surface area contributed by atoms with Crippen LogP contribution in [0.1, 0.15) is 37.0 Å². The molecule has 9 nitrogen and oxygen atoms in total. The maximum atomic E-state index is 13.5. The SMILES string of the molecule is COC(=O)C1=C(C)N([C@H](C)c2ccccc2)C(=O)/C1=C/c1ccc(CNC(=O)C(=O)Nc2cccc(Cl)c2)o1. The van der Waals surface area contributed by atoms with E-state index in [1.54, 1.807) is 42.2 Å². The molecular weight excluding hydrogens is 522 g/mol. The van der Waals surface area contributed by atoms with Crippen LogP contribution in [0.3, 0.4) is 0 Å². The number of nitrogens with zero attached hydrogens (tertiary/aromatic N) is 1. The molecule has 4 rings (SSSR count). The Hall–Kier alpha value is -4.63. The third-order valence-electron chi connectivity index (χ3n) is 6.18. The lowest BCUT2D eigenvalue weighted by atomic mass is 10.1. The van der Waals surface area contributed by atoms with Crippen LogP contribution in [0.15, 0.2) is 88.0 Å². The second kappa shape index (κ2) is 11.8. The molecular formula is C29H26ClN3O6. The summed E-state index contributed by atoms with van der Waals surface area (Å²) in [5.74, 6) is -2.11. The van der Waals surface area contributed by atoms with Crippen molar-refractivity contribution in [1.29, 1.82) is 0 Å². The molecule has 0 aliphatic carbocycles. The van der Waals surface area contributed by atoms with Crippen molar-refractivity contribution < 1.29 is 28.3 Å². The van der Waals surface area contributed by atoms with Gasteiger partial charge in [-0.25, -0.2) is 4.79 Å². The van der Waals surface area contributed by atoms with E-state index in [9.17, 15) is 19.2 Å². The van der Waals surface area contributed by atoms with Crippen LogP contribution in [-0.2, 0) is 30.5 Å². The van der Waals surface area contributed by atoms with E-state index >= 15 is 0 Å². The minimum absolute atomic E-state index is 0.0746. The van der Waals surface area contributed by atoms with E-state index in [2.05, 4.69) is 10.6 Å². The number of hydrogen-bond donors (Lipinski definition) is 2. The highest BCUT2D eigenvalue weighted by Crippen LogP contribution is 2.37. The number of allylic oxidation sites excluding steroid dienone is 1. The number of anilines is 1. The second-order valence-electron chi connectivity index (χ2n) is 8.72. The number of rotatable bonds is 7. The lowest BCUT2D eigenvalue weighted by Crippen LogP contribution is -2.34. The van der Waals surface area contributed by atoms with Crippen LogP contribution in [0.2, 0.25) is 5.02 Å². The molecule has 0 saturated heterocycles. The maximum absolute atomic E-state index is 13.5. The van der Waals surface area contributed by atoms with Gasteiger partial charge in [-0.2, -0.15) is 0 Å². The van der Waals surface area contributed by atoms with Crippen molar-refractivity contribution in [2.75, 3.05) is 12.4 Å². The predicted octanol–water partition coefficient (Wildman–Crippen LogP) is 4.62. The number of hydrogen-bond acceptors (Lipinski definition) is 6. The van der Waals surface area contributed by atoms with Gasteiger partial charge in [0.05, 0.1) is 30.8 Å². The van der Waals surface area contributed by atoms with Gasteiger partial charge in [0.2, 0.25) is 0 Å². The largest absolute Gasteiger partial charge is 0.465 e. The molecule has 0 fully saturated rings. The highest BCUT2D eigenvalue weighted by molar-refractivity contribution is 6.39. The molecule has 39 heavy (non-hydrogen) atoms. The summed E-state index contributed by atoms with van der Waals surface area (Å²) in [6, 6.07) is 18.8. The number of amides is 3. The van der Waals surface area contributed by atoms with Gasteiger partial charge in [-0.15, -0.1) is 0 Å². The average Bonchev–Trinajstić information content (AvgIpc) is 3.48. The summed E-state index contributed by atoms with van der Waals surface area (Å²) in [7, 11) is 1.25. The van der Waals surface area contributed by atoms with Crippen LogP contribution in [0, 0.1) is 0 Å². The van der Waals surface area contributed by atoms with E-state index in [0.29, 0.717) is 22.2 Å². The first-order valence-corrected chi connectivity index (χ1v) is 12.4. The highest BCUT2D eigenvalue weighted by Gasteiger charge is 2.39. The fourth-order valence-electron chi connectivity index (χ4n) is 4.26. The molecule has 0 saturated carbocycles. The molecule has 0 unspecified atom stereocenters. The van der Waals surface area contributed by atoms with Crippen LogP contribution in [0.25, 0.3) is 6.08 Å². The first kappa shape index (κ1) is 27.4. The number of carbonyl (C=O) groups excluding carboxylic acids is 4. The summed E-state index contributed by atoms with van der Waals surface area (Å²) in [4.78, 5) is 52.1. The Morgan fingerprint density at radius 2 is 1.79 bits per heavy atom. The Morgan fingerprint density at radius 3 is 2.49 bits per heavy atom. The van der Waals surface area contributed by atoms with E-state index in [-0.39, 0.29) is 35.4 Å². The number of nitrogens with one attached hydrogen (secondary N) is 2. The zero-order valence-electron chi connectivity index (χ0n) is 21.5. The summed E-state index contributed by atoms with van der Waals surface area (Å²) in [6.07, 6.45) is 1.47. The van der Waals surface area contributed by atoms with Crippen molar-refractivity contribution in [3.05, 3.63) is 106 Å². The Morgan fingerprint density at radius 1 is 1.05 bits per heavy atom. The summed E-state index contributed by atoms with van der Waals surface area (Å²) >= 11 is 5.89. The Bertz CT molecular complexity index is 1490. The lowest BCUT2D eigenvalue weighted by molar-refractivity contribution is -0.136. The number of esters is 1. The summed E-state index contributed by atoms with van der Waals surface area (Å²) < 4.78 is 10.7. The first-order chi connectivity index (χ1) is 18.7. The molecule has 200 valence electrons. The van der Waals surface area contributed by atoms with Gasteiger partial charge in [-0.05, 0) is 55.8 Å². The normalized spacial score (nSPS) is 14.9. The summed E-state index contributed by atoms with van der Waals surface area (Å²) in [5.41, 5.74) is 2.05. The van der Waals surface area contributed by atoms with Gasteiger partial charge in [0.25, 0.3) is 5.91 Å². The third kappa shape index (κ3) is 6.10. The fraction of sp³-hybridized carbons (Fsp3) is 0.172. The Balaban J connectivity index is 1.49. The zero-order valence-corrected chi connectivity index (χ0v) is 22.2. The average molecular weight is 548 g/mol. The van der Waals surface area contributed by atoms with Gasteiger partial charge in [0.1, 0.15) is 11.5 Å². The molecule has 0 spiro atoms. The smallest absolute Gasteiger partial charge is 0.340 e. The second-order valence-corrected chi connectivity index (χ2v) is 9.16. The monoisotopic (exact) mass is 547 g/mol. The van der Waals surface area contributed by atoms with Gasteiger partial charge < -0.3 is 24.7 Å². The van der Waals surface area contributed by atoms with Crippen molar-refractivity contribution in [2.45, 2.75) is 26.4 Å².